The van der Waals surface area contributed by atoms with Crippen molar-refractivity contribution in [1.82, 2.24) is 5.32 Å². The molecule has 0 aromatic heterocycles. The molecule has 0 bridgehead atoms. The molecule has 0 fully saturated rings. The SMILES string of the molecule is C=C(N=C(C)C)c1ccc(CNCCCC)cc1. The third kappa shape index (κ3) is 5.28. The summed E-state index contributed by atoms with van der Waals surface area (Å²) in [6.45, 7) is 12.2. The van der Waals surface area contributed by atoms with E-state index in [0.717, 1.165) is 30.1 Å². The van der Waals surface area contributed by atoms with Crippen molar-refractivity contribution in [2.75, 3.05) is 6.54 Å². The summed E-state index contributed by atoms with van der Waals surface area (Å²) < 4.78 is 0. The second kappa shape index (κ2) is 7.83. The Labute approximate surface area is 111 Å². The highest BCUT2D eigenvalue weighted by molar-refractivity contribution is 5.85. The summed E-state index contributed by atoms with van der Waals surface area (Å²) in [6.07, 6.45) is 2.47. The van der Waals surface area contributed by atoms with Crippen LogP contribution in [0.4, 0.5) is 0 Å². The molecule has 0 aliphatic heterocycles. The van der Waals surface area contributed by atoms with Gasteiger partial charge in [0.1, 0.15) is 0 Å². The Morgan fingerprint density at radius 3 is 2.44 bits per heavy atom. The summed E-state index contributed by atoms with van der Waals surface area (Å²) in [4.78, 5) is 4.37. The maximum Gasteiger partial charge on any atom is 0.0629 e. The van der Waals surface area contributed by atoms with Gasteiger partial charge in [0.05, 0.1) is 5.70 Å². The Balaban J connectivity index is 2.52. The molecule has 18 heavy (non-hydrogen) atoms. The summed E-state index contributed by atoms with van der Waals surface area (Å²) in [5.74, 6) is 0. The largest absolute Gasteiger partial charge is 0.313 e. The molecule has 0 aliphatic rings. The summed E-state index contributed by atoms with van der Waals surface area (Å²) >= 11 is 0. The van der Waals surface area contributed by atoms with Crippen LogP contribution in [0.2, 0.25) is 0 Å². The van der Waals surface area contributed by atoms with Gasteiger partial charge >= 0.3 is 0 Å². The summed E-state index contributed by atoms with van der Waals surface area (Å²) in [7, 11) is 0. The number of unbranched alkanes of at least 4 members (excludes halogenated alkanes) is 1. The molecule has 0 amide bonds. The predicted molar refractivity (Wildman–Crippen MR) is 80.9 cm³/mol. The lowest BCUT2D eigenvalue weighted by Crippen LogP contribution is -2.14. The van der Waals surface area contributed by atoms with Crippen LogP contribution < -0.4 is 5.32 Å². The first-order valence-electron chi connectivity index (χ1n) is 6.64. The predicted octanol–water partition coefficient (Wildman–Crippen LogP) is 4.03. The molecule has 0 saturated carbocycles. The zero-order chi connectivity index (χ0) is 13.4. The van der Waals surface area contributed by atoms with Crippen molar-refractivity contribution in [2.24, 2.45) is 4.99 Å². The molecule has 0 saturated heterocycles. The van der Waals surface area contributed by atoms with E-state index in [4.69, 9.17) is 0 Å². The van der Waals surface area contributed by atoms with Crippen LogP contribution in [0.3, 0.4) is 0 Å². The zero-order valence-electron chi connectivity index (χ0n) is 11.8. The van der Waals surface area contributed by atoms with Crippen molar-refractivity contribution >= 4 is 11.4 Å². The van der Waals surface area contributed by atoms with Gasteiger partial charge in [0.25, 0.3) is 0 Å². The number of benzene rings is 1. The van der Waals surface area contributed by atoms with Crippen LogP contribution in [0.25, 0.3) is 5.70 Å². The van der Waals surface area contributed by atoms with Gasteiger partial charge in [-0.15, -0.1) is 0 Å². The van der Waals surface area contributed by atoms with E-state index in [0.29, 0.717) is 0 Å². The van der Waals surface area contributed by atoms with E-state index in [1.165, 1.54) is 18.4 Å². The molecule has 0 radical (unpaired) electrons. The molecule has 1 aromatic rings. The van der Waals surface area contributed by atoms with E-state index >= 15 is 0 Å². The van der Waals surface area contributed by atoms with Crippen molar-refractivity contribution in [3.63, 3.8) is 0 Å². The molecule has 1 N–H and O–H groups in total. The lowest BCUT2D eigenvalue weighted by atomic mass is 10.1. The van der Waals surface area contributed by atoms with Gasteiger partial charge in [-0.25, -0.2) is 0 Å². The quantitative estimate of drug-likeness (QED) is 0.568. The highest BCUT2D eigenvalue weighted by Gasteiger charge is 1.98. The monoisotopic (exact) mass is 244 g/mol. The number of nitrogens with zero attached hydrogens (tertiary/aromatic N) is 1. The minimum absolute atomic E-state index is 0.834. The Morgan fingerprint density at radius 2 is 1.89 bits per heavy atom. The van der Waals surface area contributed by atoms with Gasteiger partial charge in [-0.05, 0) is 37.9 Å². The minimum atomic E-state index is 0.834. The Bertz CT molecular complexity index is 398. The average Bonchev–Trinajstić information content (AvgIpc) is 2.34. The average molecular weight is 244 g/mol. The van der Waals surface area contributed by atoms with Crippen LogP contribution in [0.5, 0.6) is 0 Å². The van der Waals surface area contributed by atoms with Crippen molar-refractivity contribution < 1.29 is 0 Å². The van der Waals surface area contributed by atoms with Gasteiger partial charge in [0.2, 0.25) is 0 Å². The number of nitrogens with one attached hydrogen (secondary N) is 1. The first-order chi connectivity index (χ1) is 8.63. The summed E-state index contributed by atoms with van der Waals surface area (Å²) in [5, 5.41) is 3.43. The number of hydrogen-bond donors (Lipinski definition) is 1. The smallest absolute Gasteiger partial charge is 0.0629 e. The normalized spacial score (nSPS) is 10.2. The standard InChI is InChI=1S/C16H24N2/c1-5-6-11-17-12-15-7-9-16(10-8-15)14(4)18-13(2)3/h7-10,17H,4-6,11-12H2,1-3H3. The Morgan fingerprint density at radius 1 is 1.22 bits per heavy atom. The minimum Gasteiger partial charge on any atom is -0.313 e. The fraction of sp³-hybridized carbons (Fsp3) is 0.438. The second-order valence-corrected chi connectivity index (χ2v) is 4.73. The molecule has 0 unspecified atom stereocenters. The van der Waals surface area contributed by atoms with Crippen molar-refractivity contribution in [2.45, 2.75) is 40.2 Å². The molecule has 0 spiro atoms. The molecule has 1 aromatic carbocycles. The first-order valence-corrected chi connectivity index (χ1v) is 6.64. The third-order valence-electron chi connectivity index (χ3n) is 2.68. The highest BCUT2D eigenvalue weighted by atomic mass is 14.8. The molecule has 0 heterocycles. The Kier molecular flexibility index (Phi) is 6.37. The van der Waals surface area contributed by atoms with Crippen LogP contribution >= 0.6 is 0 Å². The van der Waals surface area contributed by atoms with Gasteiger partial charge < -0.3 is 5.32 Å². The van der Waals surface area contributed by atoms with E-state index in [9.17, 15) is 0 Å². The molecule has 0 atom stereocenters. The zero-order valence-corrected chi connectivity index (χ0v) is 11.8. The fourth-order valence-electron chi connectivity index (χ4n) is 1.68. The maximum absolute atomic E-state index is 4.37. The lowest BCUT2D eigenvalue weighted by molar-refractivity contribution is 0.641. The van der Waals surface area contributed by atoms with Gasteiger partial charge in [-0.2, -0.15) is 0 Å². The van der Waals surface area contributed by atoms with Crippen LogP contribution in [0.1, 0.15) is 44.7 Å². The van der Waals surface area contributed by atoms with E-state index in [1.54, 1.807) is 0 Å². The van der Waals surface area contributed by atoms with Crippen LogP contribution in [-0.2, 0) is 6.54 Å². The lowest BCUT2D eigenvalue weighted by Gasteiger charge is -2.06. The molecular formula is C16H24N2. The second-order valence-electron chi connectivity index (χ2n) is 4.73. The molecule has 2 nitrogen and oxygen atoms in total. The maximum atomic E-state index is 4.37. The third-order valence-corrected chi connectivity index (χ3v) is 2.68. The fourth-order valence-corrected chi connectivity index (χ4v) is 1.68. The topological polar surface area (TPSA) is 24.4 Å². The van der Waals surface area contributed by atoms with Crippen molar-refractivity contribution in [1.29, 1.82) is 0 Å². The molecule has 0 aliphatic carbocycles. The Hall–Kier alpha value is -1.41. The van der Waals surface area contributed by atoms with Gasteiger partial charge in [-0.1, -0.05) is 44.2 Å². The van der Waals surface area contributed by atoms with Gasteiger partial charge in [0.15, 0.2) is 0 Å². The van der Waals surface area contributed by atoms with Gasteiger partial charge in [0, 0.05) is 12.3 Å². The van der Waals surface area contributed by atoms with E-state index < -0.39 is 0 Å². The van der Waals surface area contributed by atoms with Gasteiger partial charge in [-0.3, -0.25) is 4.99 Å². The van der Waals surface area contributed by atoms with E-state index in [1.807, 2.05) is 13.8 Å². The van der Waals surface area contributed by atoms with E-state index in [-0.39, 0.29) is 0 Å². The van der Waals surface area contributed by atoms with Crippen molar-refractivity contribution in [3.05, 3.63) is 42.0 Å². The number of rotatable bonds is 7. The first kappa shape index (κ1) is 14.7. The number of aliphatic imine (C=N–C) groups is 1. The molecule has 98 valence electrons. The molecular weight excluding hydrogens is 220 g/mol. The van der Waals surface area contributed by atoms with E-state index in [2.05, 4.69) is 48.1 Å². The highest BCUT2D eigenvalue weighted by Crippen LogP contribution is 2.15. The van der Waals surface area contributed by atoms with Crippen LogP contribution in [-0.4, -0.2) is 12.3 Å². The molecule has 1 rings (SSSR count). The van der Waals surface area contributed by atoms with Crippen LogP contribution in [0, 0.1) is 0 Å². The van der Waals surface area contributed by atoms with Crippen molar-refractivity contribution in [3.8, 4) is 0 Å². The molecule has 2 heteroatoms. The summed E-state index contributed by atoms with van der Waals surface area (Å²) in [5.41, 5.74) is 4.26. The summed E-state index contributed by atoms with van der Waals surface area (Å²) in [6, 6.07) is 8.46. The van der Waals surface area contributed by atoms with Crippen LogP contribution in [0.15, 0.2) is 35.8 Å². The number of hydrogen-bond acceptors (Lipinski definition) is 2.